The number of nitrogens with zero attached hydrogens (tertiary/aromatic N) is 7. The van der Waals surface area contributed by atoms with E-state index in [2.05, 4.69) is 67.7 Å². The third kappa shape index (κ3) is 7.50. The Hall–Kier alpha value is -5.98. The van der Waals surface area contributed by atoms with Crippen molar-refractivity contribution in [3.05, 3.63) is 143 Å². The Morgan fingerprint density at radius 1 is 1.02 bits per heavy atom. The van der Waals surface area contributed by atoms with E-state index in [1.165, 1.54) is 50.7 Å². The van der Waals surface area contributed by atoms with Gasteiger partial charge in [-0.3, -0.25) is 14.4 Å². The van der Waals surface area contributed by atoms with Gasteiger partial charge in [0.2, 0.25) is 11.1 Å². The van der Waals surface area contributed by atoms with Crippen molar-refractivity contribution in [1.82, 2.24) is 35.4 Å². The van der Waals surface area contributed by atoms with Crippen LogP contribution in [0.4, 0.5) is 5.13 Å². The predicted molar refractivity (Wildman–Crippen MR) is 214 cm³/mol. The lowest BCUT2D eigenvalue weighted by molar-refractivity contribution is -0.157. The number of anilines is 1. The minimum atomic E-state index is -1.24. The molecule has 3 aromatic carbocycles. The number of aryl methyl sites for hydroxylation is 1. The molecule has 18 heteroatoms. The van der Waals surface area contributed by atoms with Crippen LogP contribution in [0.25, 0.3) is 0 Å². The zero-order valence-corrected chi connectivity index (χ0v) is 32.7. The molecule has 3 N–H and O–H groups in total. The first-order valence-electron chi connectivity index (χ1n) is 17.7. The molecule has 15 nitrogen and oxygen atoms in total. The van der Waals surface area contributed by atoms with E-state index in [-0.39, 0.29) is 36.1 Å². The molecule has 2 saturated heterocycles. The van der Waals surface area contributed by atoms with Gasteiger partial charge in [-0.05, 0) is 39.2 Å². The fraction of sp³-hybridized carbons (Fsp3) is 0.231. The van der Waals surface area contributed by atoms with Crippen LogP contribution in [0.2, 0.25) is 0 Å². The first-order chi connectivity index (χ1) is 27.8. The van der Waals surface area contributed by atoms with Crippen molar-refractivity contribution in [3.63, 3.8) is 0 Å². The number of β-lactam (4-membered cyclic amide) rings is 1. The number of amides is 2. The number of carboxylic acids is 1. The van der Waals surface area contributed by atoms with Crippen LogP contribution in [0.3, 0.4) is 0 Å². The second-order valence-corrected chi connectivity index (χ2v) is 16.3. The summed E-state index contributed by atoms with van der Waals surface area (Å²) in [6, 6.07) is 32.7. The van der Waals surface area contributed by atoms with E-state index < -0.39 is 40.2 Å². The number of fused-ring (bicyclic) bond motifs is 1. The summed E-state index contributed by atoms with van der Waals surface area (Å²) in [7, 11) is 1.67. The van der Waals surface area contributed by atoms with Gasteiger partial charge >= 0.3 is 5.97 Å². The maximum atomic E-state index is 14.1. The van der Waals surface area contributed by atoms with Crippen LogP contribution >= 0.6 is 34.9 Å². The minimum Gasteiger partial charge on any atom is -0.481 e. The van der Waals surface area contributed by atoms with Gasteiger partial charge in [-0.1, -0.05) is 108 Å². The molecule has 0 spiro atoms. The van der Waals surface area contributed by atoms with E-state index in [9.17, 15) is 19.5 Å². The molecular formula is C39H35N9O6S3. The summed E-state index contributed by atoms with van der Waals surface area (Å²) >= 11 is 3.81. The summed E-state index contributed by atoms with van der Waals surface area (Å²) in [6.45, 7) is -0.0732. The van der Waals surface area contributed by atoms with E-state index in [0.717, 1.165) is 16.7 Å². The summed E-state index contributed by atoms with van der Waals surface area (Å²) in [5.74, 6) is -1.24. The molecule has 57 heavy (non-hydrogen) atoms. The van der Waals surface area contributed by atoms with Gasteiger partial charge in [0.1, 0.15) is 33.8 Å². The van der Waals surface area contributed by atoms with Crippen LogP contribution in [0, 0.1) is 5.41 Å². The molecule has 0 aliphatic carbocycles. The lowest BCUT2D eigenvalue weighted by atomic mass is 9.77. The van der Waals surface area contributed by atoms with Crippen molar-refractivity contribution in [2.24, 2.45) is 17.6 Å². The highest BCUT2D eigenvalue weighted by Crippen LogP contribution is 2.45. The van der Waals surface area contributed by atoms with Crippen LogP contribution in [0.15, 0.2) is 130 Å². The molecule has 2 fully saturated rings. The number of thioether (sulfide) groups is 2. The first-order valence-corrected chi connectivity index (χ1v) is 20.6. The van der Waals surface area contributed by atoms with Crippen molar-refractivity contribution in [2.75, 3.05) is 23.4 Å². The molecule has 290 valence electrons. The summed E-state index contributed by atoms with van der Waals surface area (Å²) in [5, 5.41) is 34.6. The van der Waals surface area contributed by atoms with Crippen LogP contribution in [0.1, 0.15) is 28.1 Å². The van der Waals surface area contributed by atoms with E-state index in [4.69, 9.17) is 14.2 Å². The Labute approximate surface area is 338 Å². The summed E-state index contributed by atoms with van der Waals surface area (Å²) in [4.78, 5) is 52.3. The molecule has 3 atom stereocenters. The number of furan rings is 1. The number of aliphatic carboxylic acids is 1. The molecule has 0 radical (unpaired) electrons. The number of hydrogen-bond acceptors (Lipinski definition) is 14. The van der Waals surface area contributed by atoms with E-state index >= 15 is 0 Å². The summed E-state index contributed by atoms with van der Waals surface area (Å²) in [6.07, 6.45) is 1.51. The van der Waals surface area contributed by atoms with Gasteiger partial charge in [-0.2, -0.15) is 0 Å². The number of thiazole rings is 1. The normalized spacial score (nSPS) is 19.4. The Balaban J connectivity index is 1.05. The first kappa shape index (κ1) is 37.9. The second kappa shape index (κ2) is 16.2. The number of tetrazole rings is 1. The maximum absolute atomic E-state index is 14.1. The molecule has 2 amide bonds. The van der Waals surface area contributed by atoms with Gasteiger partial charge in [-0.15, -0.1) is 28.2 Å². The van der Waals surface area contributed by atoms with E-state index in [0.29, 0.717) is 16.0 Å². The number of carbonyl (C=O) groups excluding carboxylic acids is 2. The van der Waals surface area contributed by atoms with Gasteiger partial charge < -0.3 is 29.9 Å². The van der Waals surface area contributed by atoms with Gasteiger partial charge in [-0.25, -0.2) is 9.67 Å². The SMILES string of the molecule is Cn1nnnc1SCC1(C(=O)O)CS[C@@H]2C(NC(=O)C(=NOCc3ccco3)c3csc(NC(c4ccccc4)(c4ccccc4)c4ccccc4)n3)C(=O)N2C1. The predicted octanol–water partition coefficient (Wildman–Crippen LogP) is 4.85. The summed E-state index contributed by atoms with van der Waals surface area (Å²) < 4.78 is 6.85. The lowest BCUT2D eigenvalue weighted by Crippen LogP contribution is -2.74. The molecular weight excluding hydrogens is 787 g/mol. The lowest BCUT2D eigenvalue weighted by Gasteiger charge is -2.53. The third-order valence-electron chi connectivity index (χ3n) is 9.76. The molecule has 2 unspecified atom stereocenters. The number of rotatable bonds is 15. The molecule has 6 aromatic rings. The van der Waals surface area contributed by atoms with Crippen molar-refractivity contribution in [3.8, 4) is 0 Å². The Kier molecular flexibility index (Phi) is 10.8. The van der Waals surface area contributed by atoms with Gasteiger partial charge in [0.25, 0.3) is 5.91 Å². The molecule has 8 rings (SSSR count). The highest BCUT2D eigenvalue weighted by Gasteiger charge is 2.57. The van der Waals surface area contributed by atoms with Gasteiger partial charge in [0.05, 0.1) is 6.26 Å². The van der Waals surface area contributed by atoms with Crippen LogP contribution in [-0.4, -0.2) is 88.2 Å². The van der Waals surface area contributed by atoms with E-state index in [1.807, 2.05) is 54.6 Å². The summed E-state index contributed by atoms with van der Waals surface area (Å²) in [5.41, 5.74) is 0.889. The molecule has 3 aromatic heterocycles. The van der Waals surface area contributed by atoms with Crippen molar-refractivity contribution >= 4 is 63.5 Å². The smallest absolute Gasteiger partial charge is 0.313 e. The van der Waals surface area contributed by atoms with Gasteiger partial charge in [0, 0.05) is 30.5 Å². The minimum absolute atomic E-state index is 0.0240. The van der Waals surface area contributed by atoms with Crippen LogP contribution in [-0.2, 0) is 38.4 Å². The fourth-order valence-electron chi connectivity index (χ4n) is 6.80. The Morgan fingerprint density at radius 2 is 1.68 bits per heavy atom. The fourth-order valence-corrected chi connectivity index (χ4v) is 10.3. The average Bonchev–Trinajstić information content (AvgIpc) is 4.04. The van der Waals surface area contributed by atoms with Crippen LogP contribution in [0.5, 0.6) is 0 Å². The zero-order valence-electron chi connectivity index (χ0n) is 30.3. The quantitative estimate of drug-likeness (QED) is 0.0420. The van der Waals surface area contributed by atoms with Crippen molar-refractivity contribution in [1.29, 1.82) is 0 Å². The molecule has 2 aliphatic rings. The van der Waals surface area contributed by atoms with Gasteiger partial charge in [0.15, 0.2) is 17.5 Å². The monoisotopic (exact) mass is 821 g/mol. The van der Waals surface area contributed by atoms with Crippen molar-refractivity contribution < 1.29 is 28.7 Å². The number of carbonyl (C=O) groups is 3. The molecule has 0 bridgehead atoms. The highest BCUT2D eigenvalue weighted by atomic mass is 32.2. The molecule has 0 saturated carbocycles. The van der Waals surface area contributed by atoms with Crippen LogP contribution < -0.4 is 10.6 Å². The number of aromatic nitrogens is 5. The standard InChI is InChI=1S/C39H35N9O6S3/c1-47-37(43-45-46-47)57-24-38(35(51)52)22-48-33(50)31(34(48)56-23-38)41-32(49)30(44-54-20-28-18-11-19-53-28)29-21-55-36(40-29)42-39(25-12-5-2-6-13-25,26-14-7-3-8-15-26)27-16-9-4-10-17-27/h2-19,21,31,34H,20,22-24H2,1H3,(H,40,42)(H,41,49)(H,51,52)/t31?,34-,38?/m1/s1. The molecule has 2 aliphatic heterocycles. The topological polar surface area (TPSA) is 190 Å². The average molecular weight is 822 g/mol. The number of oxime groups is 1. The maximum Gasteiger partial charge on any atom is 0.313 e. The number of benzene rings is 3. The van der Waals surface area contributed by atoms with E-state index in [1.54, 1.807) is 24.6 Å². The second-order valence-electron chi connectivity index (χ2n) is 13.4. The largest absolute Gasteiger partial charge is 0.481 e. The van der Waals surface area contributed by atoms with Crippen molar-refractivity contribution in [2.45, 2.75) is 28.7 Å². The highest BCUT2D eigenvalue weighted by molar-refractivity contribution is 8.00. The zero-order chi connectivity index (χ0) is 39.4. The Morgan fingerprint density at radius 3 is 2.26 bits per heavy atom. The number of carboxylic acid groups (broad SMARTS) is 1. The Bertz CT molecular complexity index is 2280. The molecule has 5 heterocycles. The third-order valence-corrected chi connectivity index (χ3v) is 13.4. The number of nitrogens with one attached hydrogen (secondary N) is 2. The number of hydrogen-bond donors (Lipinski definition) is 3.